The molecule has 0 atom stereocenters. The number of rotatable bonds is 4. The monoisotopic (exact) mass is 239 g/mol. The van der Waals surface area contributed by atoms with Crippen LogP contribution in [0.15, 0.2) is 18.2 Å². The zero-order chi connectivity index (χ0) is 11.4. The number of hydrogen-bond donors (Lipinski definition) is 1. The highest BCUT2D eigenvalue weighted by atomic mass is 35.5. The van der Waals surface area contributed by atoms with Crippen molar-refractivity contribution in [1.29, 1.82) is 0 Å². The molecule has 16 heavy (non-hydrogen) atoms. The number of hydrogen-bond acceptors (Lipinski definition) is 2. The van der Waals surface area contributed by atoms with Crippen LogP contribution in [0.1, 0.15) is 31.2 Å². The molecule has 0 amide bonds. The van der Waals surface area contributed by atoms with Crippen molar-refractivity contribution >= 4 is 11.6 Å². The molecule has 1 saturated carbocycles. The van der Waals surface area contributed by atoms with Gasteiger partial charge in [0.05, 0.1) is 11.6 Å². The maximum Gasteiger partial charge on any atom is 0.137 e. The van der Waals surface area contributed by atoms with E-state index >= 15 is 0 Å². The Morgan fingerprint density at radius 3 is 2.69 bits per heavy atom. The van der Waals surface area contributed by atoms with Gasteiger partial charge in [0, 0.05) is 6.54 Å². The predicted molar refractivity (Wildman–Crippen MR) is 66.8 cm³/mol. The molecule has 2 nitrogen and oxygen atoms in total. The minimum absolute atomic E-state index is 0.516. The zero-order valence-corrected chi connectivity index (χ0v) is 10.2. The third-order valence-electron chi connectivity index (χ3n) is 3.18. The van der Waals surface area contributed by atoms with Crippen molar-refractivity contribution in [2.24, 2.45) is 11.7 Å². The van der Waals surface area contributed by atoms with Gasteiger partial charge in [0.1, 0.15) is 5.75 Å². The van der Waals surface area contributed by atoms with Crippen molar-refractivity contribution < 1.29 is 4.74 Å². The summed E-state index contributed by atoms with van der Waals surface area (Å²) in [4.78, 5) is 0. The summed E-state index contributed by atoms with van der Waals surface area (Å²) in [5, 5.41) is 0.668. The topological polar surface area (TPSA) is 35.2 Å². The average Bonchev–Trinajstić information content (AvgIpc) is 2.80. The Morgan fingerprint density at radius 2 is 2.06 bits per heavy atom. The summed E-state index contributed by atoms with van der Waals surface area (Å²) in [5.41, 5.74) is 6.58. The molecule has 0 spiro atoms. The number of ether oxygens (including phenoxy) is 1. The second-order valence-electron chi connectivity index (χ2n) is 4.43. The first-order valence-corrected chi connectivity index (χ1v) is 6.28. The van der Waals surface area contributed by atoms with Crippen LogP contribution in [0.25, 0.3) is 0 Å². The van der Waals surface area contributed by atoms with Gasteiger partial charge in [-0.25, -0.2) is 0 Å². The summed E-state index contributed by atoms with van der Waals surface area (Å²) >= 11 is 6.11. The van der Waals surface area contributed by atoms with E-state index in [1.807, 2.05) is 18.2 Å². The van der Waals surface area contributed by atoms with Gasteiger partial charge in [-0.1, -0.05) is 30.5 Å². The van der Waals surface area contributed by atoms with Crippen molar-refractivity contribution in [1.82, 2.24) is 0 Å². The molecule has 0 aromatic heterocycles. The summed E-state index contributed by atoms with van der Waals surface area (Å²) in [7, 11) is 0. The Balaban J connectivity index is 1.93. The third kappa shape index (κ3) is 2.89. The Labute approximate surface area is 102 Å². The Morgan fingerprint density at radius 1 is 1.31 bits per heavy atom. The number of halogens is 1. The molecule has 88 valence electrons. The Hall–Kier alpha value is -0.730. The van der Waals surface area contributed by atoms with E-state index in [9.17, 15) is 0 Å². The van der Waals surface area contributed by atoms with Crippen molar-refractivity contribution in [3.8, 4) is 5.75 Å². The largest absolute Gasteiger partial charge is 0.492 e. The molecular formula is C13H18ClNO. The van der Waals surface area contributed by atoms with E-state index in [2.05, 4.69) is 0 Å². The fourth-order valence-corrected chi connectivity index (χ4v) is 2.43. The molecule has 0 heterocycles. The first kappa shape index (κ1) is 11.7. The molecular weight excluding hydrogens is 222 g/mol. The normalized spacial score (nSPS) is 16.6. The molecule has 1 aromatic rings. The van der Waals surface area contributed by atoms with Crippen LogP contribution in [-0.2, 0) is 6.54 Å². The van der Waals surface area contributed by atoms with E-state index in [4.69, 9.17) is 22.1 Å². The molecule has 0 aliphatic heterocycles. The molecule has 0 saturated heterocycles. The van der Waals surface area contributed by atoms with E-state index < -0.39 is 0 Å². The van der Waals surface area contributed by atoms with Crippen LogP contribution < -0.4 is 10.5 Å². The SMILES string of the molecule is NCc1ccc(OCC2CCCC2)c(Cl)c1. The predicted octanol–water partition coefficient (Wildman–Crippen LogP) is 3.37. The molecule has 0 radical (unpaired) electrons. The number of nitrogens with two attached hydrogens (primary N) is 1. The van der Waals surface area contributed by atoms with Crippen LogP contribution in [0.4, 0.5) is 0 Å². The first-order valence-electron chi connectivity index (χ1n) is 5.91. The highest BCUT2D eigenvalue weighted by Crippen LogP contribution is 2.29. The van der Waals surface area contributed by atoms with Crippen molar-refractivity contribution in [2.75, 3.05) is 6.61 Å². The molecule has 1 fully saturated rings. The van der Waals surface area contributed by atoms with E-state index in [-0.39, 0.29) is 0 Å². The number of benzene rings is 1. The lowest BCUT2D eigenvalue weighted by atomic mass is 10.1. The molecule has 0 bridgehead atoms. The fourth-order valence-electron chi connectivity index (χ4n) is 2.17. The molecule has 3 heteroatoms. The molecule has 1 aliphatic rings. The van der Waals surface area contributed by atoms with E-state index in [0.717, 1.165) is 17.9 Å². The minimum Gasteiger partial charge on any atom is -0.492 e. The maximum absolute atomic E-state index is 6.11. The second kappa shape index (κ2) is 5.55. The summed E-state index contributed by atoms with van der Waals surface area (Å²) < 4.78 is 5.75. The molecule has 1 aromatic carbocycles. The van der Waals surface area contributed by atoms with Crippen LogP contribution in [-0.4, -0.2) is 6.61 Å². The van der Waals surface area contributed by atoms with Crippen molar-refractivity contribution in [3.63, 3.8) is 0 Å². The molecule has 2 rings (SSSR count). The van der Waals surface area contributed by atoms with E-state index in [1.54, 1.807) is 0 Å². The van der Waals surface area contributed by atoms with Crippen LogP contribution >= 0.6 is 11.6 Å². The standard InChI is InChI=1S/C13H18ClNO/c14-12-7-11(8-15)5-6-13(12)16-9-10-3-1-2-4-10/h5-7,10H,1-4,8-9,15H2. The highest BCUT2D eigenvalue weighted by molar-refractivity contribution is 6.32. The summed E-state index contributed by atoms with van der Waals surface area (Å²) in [6, 6.07) is 5.76. The van der Waals surface area contributed by atoms with Crippen molar-refractivity contribution in [3.05, 3.63) is 28.8 Å². The van der Waals surface area contributed by atoms with Crippen LogP contribution in [0.2, 0.25) is 5.02 Å². The highest BCUT2D eigenvalue weighted by Gasteiger charge is 2.16. The van der Waals surface area contributed by atoms with Gasteiger partial charge >= 0.3 is 0 Å². The quantitative estimate of drug-likeness (QED) is 0.875. The Bertz CT molecular complexity index is 348. The van der Waals surface area contributed by atoms with Crippen molar-refractivity contribution in [2.45, 2.75) is 32.2 Å². The van der Waals surface area contributed by atoms with E-state index in [1.165, 1.54) is 25.7 Å². The molecule has 2 N–H and O–H groups in total. The summed E-state index contributed by atoms with van der Waals surface area (Å²) in [5.74, 6) is 1.50. The van der Waals surface area contributed by atoms with Crippen LogP contribution in [0, 0.1) is 5.92 Å². The van der Waals surface area contributed by atoms with Gasteiger partial charge in [-0.2, -0.15) is 0 Å². The van der Waals surface area contributed by atoms with Gasteiger partial charge in [0.15, 0.2) is 0 Å². The summed E-state index contributed by atoms with van der Waals surface area (Å²) in [6.45, 7) is 1.31. The smallest absolute Gasteiger partial charge is 0.137 e. The first-order chi connectivity index (χ1) is 7.79. The Kier molecular flexibility index (Phi) is 4.08. The van der Waals surface area contributed by atoms with Gasteiger partial charge < -0.3 is 10.5 Å². The third-order valence-corrected chi connectivity index (χ3v) is 3.48. The zero-order valence-electron chi connectivity index (χ0n) is 9.42. The van der Waals surface area contributed by atoms with Gasteiger partial charge in [-0.05, 0) is 36.5 Å². The van der Waals surface area contributed by atoms with Crippen LogP contribution in [0.5, 0.6) is 5.75 Å². The lowest BCUT2D eigenvalue weighted by Gasteiger charge is -2.12. The molecule has 0 unspecified atom stereocenters. The minimum atomic E-state index is 0.516. The average molecular weight is 240 g/mol. The lowest BCUT2D eigenvalue weighted by molar-refractivity contribution is 0.252. The lowest BCUT2D eigenvalue weighted by Crippen LogP contribution is -2.08. The van der Waals surface area contributed by atoms with Crippen LogP contribution in [0.3, 0.4) is 0 Å². The fraction of sp³-hybridized carbons (Fsp3) is 0.538. The van der Waals surface area contributed by atoms with E-state index in [0.29, 0.717) is 17.5 Å². The maximum atomic E-state index is 6.11. The van der Waals surface area contributed by atoms with Gasteiger partial charge in [0.25, 0.3) is 0 Å². The summed E-state index contributed by atoms with van der Waals surface area (Å²) in [6.07, 6.45) is 5.26. The molecule has 1 aliphatic carbocycles. The second-order valence-corrected chi connectivity index (χ2v) is 4.84. The van der Waals surface area contributed by atoms with Gasteiger partial charge in [-0.3, -0.25) is 0 Å². The van der Waals surface area contributed by atoms with Gasteiger partial charge in [-0.15, -0.1) is 0 Å². The van der Waals surface area contributed by atoms with Gasteiger partial charge in [0.2, 0.25) is 0 Å².